The minimum atomic E-state index is -0.851. The quantitative estimate of drug-likeness (QED) is 0.244. The summed E-state index contributed by atoms with van der Waals surface area (Å²) < 4.78 is 19.5. The van der Waals surface area contributed by atoms with E-state index in [4.69, 9.17) is 5.63 Å². The molecule has 0 spiro atoms. The van der Waals surface area contributed by atoms with Crippen LogP contribution in [0.1, 0.15) is 67.2 Å². The maximum Gasteiger partial charge on any atom is 0.313 e. The molecule has 0 radical (unpaired) electrons. The van der Waals surface area contributed by atoms with E-state index < -0.39 is 36.1 Å². The monoisotopic (exact) mass is 468 g/mol. The first kappa shape index (κ1) is 30.8. The average Bonchev–Trinajstić information content (AvgIpc) is 2.55. The summed E-state index contributed by atoms with van der Waals surface area (Å²) in [6, 6.07) is 0. The Labute approximate surface area is 175 Å². The van der Waals surface area contributed by atoms with Gasteiger partial charge in [-0.3, -0.25) is 19.2 Å². The fraction of sp³-hybridized carbons (Fsp3) is 0.778. The Hall–Kier alpha value is -0.917. The topological polar surface area (TPSA) is 105 Å². The number of esters is 2. The molecule has 0 rings (SSSR count). The van der Waals surface area contributed by atoms with Gasteiger partial charge in [0.15, 0.2) is 0 Å². The van der Waals surface area contributed by atoms with Crippen molar-refractivity contribution in [1.29, 1.82) is 0 Å². The molecular weight excluding hydrogens is 435 g/mol. The van der Waals surface area contributed by atoms with E-state index >= 15 is 0 Å². The van der Waals surface area contributed by atoms with Gasteiger partial charge in [-0.05, 0) is 27.7 Å². The molecule has 0 heterocycles. The summed E-state index contributed by atoms with van der Waals surface area (Å²) in [6.45, 7) is 12.8. The van der Waals surface area contributed by atoms with E-state index in [1.165, 1.54) is 13.8 Å². The van der Waals surface area contributed by atoms with Gasteiger partial charge in [-0.25, -0.2) is 0 Å². The van der Waals surface area contributed by atoms with Gasteiger partial charge in [0.05, 0.1) is 13.2 Å². The maximum absolute atomic E-state index is 10.4. The zero-order valence-corrected chi connectivity index (χ0v) is 19.9. The van der Waals surface area contributed by atoms with E-state index in [1.54, 1.807) is 13.8 Å². The van der Waals surface area contributed by atoms with Crippen molar-refractivity contribution in [2.45, 2.75) is 67.2 Å². The Morgan fingerprint density at radius 1 is 0.667 bits per heavy atom. The zero-order valence-electron chi connectivity index (χ0n) is 17.4. The maximum atomic E-state index is 10.4. The number of Topliss-reactive ketones (excluding diaryl/α,β-unsaturated/α-hetero) is 2. The van der Waals surface area contributed by atoms with Crippen LogP contribution in [0.2, 0.25) is 0 Å². The van der Waals surface area contributed by atoms with Gasteiger partial charge in [0.1, 0.15) is 24.4 Å². The summed E-state index contributed by atoms with van der Waals surface area (Å²) in [5.74, 6) is -1.20. The molecule has 0 N–H and O–H groups in total. The second-order valence-corrected chi connectivity index (χ2v) is 6.98. The third kappa shape index (κ3) is 36.7. The van der Waals surface area contributed by atoms with Crippen LogP contribution in [-0.4, -0.2) is 49.9 Å². The average molecular weight is 470 g/mol. The van der Waals surface area contributed by atoms with Crippen molar-refractivity contribution in [3.05, 3.63) is 0 Å². The number of hydrogen-bond acceptors (Lipinski definition) is 8. The molecule has 0 amide bonds. The van der Waals surface area contributed by atoms with E-state index in [9.17, 15) is 19.2 Å². The van der Waals surface area contributed by atoms with Crippen LogP contribution >= 0.6 is 0 Å². The van der Waals surface area contributed by atoms with Crippen molar-refractivity contribution in [3.63, 3.8) is 0 Å². The molecule has 0 aliphatic carbocycles. The van der Waals surface area contributed by atoms with Crippen LogP contribution in [0.4, 0.5) is 0 Å². The first-order valence-corrected chi connectivity index (χ1v) is 11.0. The summed E-state index contributed by atoms with van der Waals surface area (Å²) in [7, 11) is 0. The van der Waals surface area contributed by atoms with Crippen LogP contribution in [-0.2, 0) is 58.4 Å². The van der Waals surface area contributed by atoms with Gasteiger partial charge >= 0.3 is 81.6 Å². The molecule has 0 bridgehead atoms. The molecule has 8 nitrogen and oxygen atoms in total. The van der Waals surface area contributed by atoms with Crippen molar-refractivity contribution in [1.82, 2.24) is 0 Å². The SMILES string of the molecule is CCC[O][Zr][O]CCC.CCOC(=O)CC(C)=O.CCOC(=O)CC(C)=O. The molecule has 0 saturated carbocycles. The van der Waals surface area contributed by atoms with Crippen molar-refractivity contribution in [2.75, 3.05) is 26.4 Å². The van der Waals surface area contributed by atoms with E-state index in [-0.39, 0.29) is 24.4 Å². The Morgan fingerprint density at radius 2 is 1.00 bits per heavy atom. The van der Waals surface area contributed by atoms with Crippen molar-refractivity contribution in [3.8, 4) is 0 Å². The van der Waals surface area contributed by atoms with Crippen LogP contribution in [0, 0.1) is 0 Å². The van der Waals surface area contributed by atoms with Gasteiger partial charge in [0.25, 0.3) is 0 Å². The van der Waals surface area contributed by atoms with Gasteiger partial charge in [-0.2, -0.15) is 0 Å². The number of rotatable bonds is 12. The second-order valence-electron chi connectivity index (χ2n) is 5.15. The summed E-state index contributed by atoms with van der Waals surface area (Å²) in [6.07, 6.45) is 2.01. The molecular formula is C18H34O8Zr. The van der Waals surface area contributed by atoms with Crippen LogP contribution < -0.4 is 0 Å². The molecule has 0 aromatic rings. The number of carbonyl (C=O) groups is 4. The summed E-state index contributed by atoms with van der Waals surface area (Å²) in [5, 5.41) is 0. The molecule has 158 valence electrons. The Balaban J connectivity index is -0.000000320. The molecule has 0 aliphatic heterocycles. The number of hydrogen-bond donors (Lipinski definition) is 0. The summed E-state index contributed by atoms with van der Waals surface area (Å²) in [4.78, 5) is 41.3. The van der Waals surface area contributed by atoms with Crippen LogP contribution in [0.5, 0.6) is 0 Å². The molecule has 0 fully saturated rings. The van der Waals surface area contributed by atoms with Gasteiger partial charge in [-0.1, -0.05) is 0 Å². The Kier molecular flexibility index (Phi) is 28.6. The predicted molar refractivity (Wildman–Crippen MR) is 96.3 cm³/mol. The van der Waals surface area contributed by atoms with Crippen LogP contribution in [0.15, 0.2) is 0 Å². The predicted octanol–water partition coefficient (Wildman–Crippen LogP) is 2.81. The van der Waals surface area contributed by atoms with Crippen molar-refractivity contribution in [2.24, 2.45) is 0 Å². The third-order valence-electron chi connectivity index (χ3n) is 2.13. The molecule has 27 heavy (non-hydrogen) atoms. The van der Waals surface area contributed by atoms with Crippen LogP contribution in [0.25, 0.3) is 0 Å². The van der Waals surface area contributed by atoms with Crippen molar-refractivity contribution >= 4 is 23.5 Å². The second kappa shape index (κ2) is 25.1. The summed E-state index contributed by atoms with van der Waals surface area (Å²) >= 11 is -0.851. The fourth-order valence-electron chi connectivity index (χ4n) is 1.16. The third-order valence-corrected chi connectivity index (χ3v) is 3.71. The van der Waals surface area contributed by atoms with Gasteiger partial charge < -0.3 is 9.47 Å². The first-order chi connectivity index (χ1) is 12.7. The van der Waals surface area contributed by atoms with Gasteiger partial charge in [0.2, 0.25) is 0 Å². The van der Waals surface area contributed by atoms with Gasteiger partial charge in [0, 0.05) is 0 Å². The van der Waals surface area contributed by atoms with E-state index in [0.29, 0.717) is 13.2 Å². The zero-order chi connectivity index (χ0) is 21.5. The Morgan fingerprint density at radius 3 is 1.22 bits per heavy atom. The number of ether oxygens (including phenoxy) is 2. The Bertz CT molecular complexity index is 363. The van der Waals surface area contributed by atoms with Crippen LogP contribution in [0.3, 0.4) is 0 Å². The molecule has 0 aromatic heterocycles. The standard InChI is InChI=1S/2C6H10O3.2C3H7O.Zr/c2*1-3-9-6(8)4-5(2)7;2*1-2-3-4;/h2*3-4H2,1-2H3;2*2-3H2,1H3;/q;;2*-1;+2. The minimum Gasteiger partial charge on any atom is -0.466 e. The number of ketones is 2. The normalized spacial score (nSPS) is 8.96. The fourth-order valence-corrected chi connectivity index (χ4v) is 2.78. The van der Waals surface area contributed by atoms with E-state index in [2.05, 4.69) is 23.3 Å². The molecule has 0 unspecified atom stereocenters. The smallest absolute Gasteiger partial charge is 0.313 e. The van der Waals surface area contributed by atoms with Gasteiger partial charge in [-0.15, -0.1) is 0 Å². The molecule has 0 aliphatic rings. The molecule has 0 atom stereocenters. The minimum absolute atomic E-state index is 0.103. The molecule has 9 heteroatoms. The van der Waals surface area contributed by atoms with E-state index in [1.807, 2.05) is 0 Å². The largest absolute Gasteiger partial charge is 0.466 e. The number of carbonyl (C=O) groups excluding carboxylic acids is 4. The van der Waals surface area contributed by atoms with Crippen molar-refractivity contribution < 1.29 is 58.4 Å². The molecule has 0 aromatic carbocycles. The summed E-state index contributed by atoms with van der Waals surface area (Å²) in [5.41, 5.74) is 0. The first-order valence-electron chi connectivity index (χ1n) is 9.03. The van der Waals surface area contributed by atoms with E-state index in [0.717, 1.165) is 26.1 Å². The molecule has 0 saturated heterocycles.